The number of ether oxygens (including phenoxy) is 3. The zero-order chi connectivity index (χ0) is 46.1. The molecule has 0 bridgehead atoms. The Kier molecular flexibility index (Phi) is 12.0. The quantitative estimate of drug-likeness (QED) is 0.0921. The number of anilines is 1. The van der Waals surface area contributed by atoms with E-state index in [9.17, 15) is 9.90 Å². The number of phenolic OH excluding ortho intramolecular Hbond substituents is 1. The molecule has 5 heterocycles. The van der Waals surface area contributed by atoms with E-state index < -0.39 is 53.5 Å². The summed E-state index contributed by atoms with van der Waals surface area (Å²) in [7, 11) is 1.48. The average Bonchev–Trinajstić information content (AvgIpc) is 3.98. The van der Waals surface area contributed by atoms with Gasteiger partial charge < -0.3 is 24.2 Å². The highest BCUT2D eigenvalue weighted by atomic mass is 16.6. The van der Waals surface area contributed by atoms with Crippen LogP contribution in [0.25, 0.3) is 11.0 Å². The summed E-state index contributed by atoms with van der Waals surface area (Å²) < 4.78 is 19.3. The van der Waals surface area contributed by atoms with Crippen molar-refractivity contribution in [3.8, 4) is 17.6 Å². The SMILES string of the molecule is COCCOC(=O)N1C(=O)[C@@]2(c3cc(C#CCn4nnc5ccccc54)ccc31)[C@H](c1ccc(O)cc1)N1[C@H](c3ccccc3)[C@H](c3ccccc3)OC(=O)[C@H]1[C@@H]2C(=O)N1CCCCCCC1. The van der Waals surface area contributed by atoms with Gasteiger partial charge in [-0.25, -0.2) is 14.4 Å². The number of rotatable bonds is 8. The smallest absolute Gasteiger partial charge is 0.421 e. The van der Waals surface area contributed by atoms with Crippen molar-refractivity contribution in [2.24, 2.45) is 5.92 Å². The second-order valence-corrected chi connectivity index (χ2v) is 17.5. The van der Waals surface area contributed by atoms with Gasteiger partial charge in [0.05, 0.1) is 35.8 Å². The molecule has 3 saturated heterocycles. The fraction of sp³-hybridized carbons (Fsp3) is 0.321. The summed E-state index contributed by atoms with van der Waals surface area (Å²) in [6.45, 7) is 0.994. The van der Waals surface area contributed by atoms with Gasteiger partial charge in [0, 0.05) is 25.8 Å². The number of likely N-dealkylation sites (tertiary alicyclic amines) is 1. The monoisotopic (exact) mass is 898 g/mol. The summed E-state index contributed by atoms with van der Waals surface area (Å²) in [6.07, 6.45) is 2.57. The van der Waals surface area contributed by atoms with Crippen LogP contribution in [0.15, 0.2) is 127 Å². The fourth-order valence-electron chi connectivity index (χ4n) is 10.8. The number of cyclic esters (lactones) is 1. The molecule has 1 spiro atoms. The van der Waals surface area contributed by atoms with Crippen molar-refractivity contribution in [1.29, 1.82) is 0 Å². The van der Waals surface area contributed by atoms with E-state index in [1.165, 1.54) is 19.2 Å². The molecule has 0 unspecified atom stereocenters. The molecule has 14 nitrogen and oxygen atoms in total. The minimum atomic E-state index is -1.96. The number of nitrogens with zero attached hydrogens (tertiary/aromatic N) is 6. The summed E-state index contributed by atoms with van der Waals surface area (Å²) in [4.78, 5) is 67.3. The van der Waals surface area contributed by atoms with E-state index in [2.05, 4.69) is 22.2 Å². The molecule has 1 aromatic heterocycles. The van der Waals surface area contributed by atoms with Crippen LogP contribution < -0.4 is 4.90 Å². The Morgan fingerprint density at radius 1 is 0.791 bits per heavy atom. The lowest BCUT2D eigenvalue weighted by Crippen LogP contribution is -2.56. The molecule has 1 N–H and O–H groups in total. The Morgan fingerprint density at radius 3 is 2.21 bits per heavy atom. The molecule has 4 aliphatic rings. The van der Waals surface area contributed by atoms with Gasteiger partial charge in [0.2, 0.25) is 11.8 Å². The Balaban J connectivity index is 1.24. The number of benzene rings is 5. The van der Waals surface area contributed by atoms with E-state index >= 15 is 14.4 Å². The van der Waals surface area contributed by atoms with Crippen molar-refractivity contribution >= 4 is 40.6 Å². The predicted molar refractivity (Wildman–Crippen MR) is 247 cm³/mol. The second-order valence-electron chi connectivity index (χ2n) is 17.5. The Bertz CT molecular complexity index is 2870. The van der Waals surface area contributed by atoms with Gasteiger partial charge in [-0.05, 0) is 77.6 Å². The maximum Gasteiger partial charge on any atom is 0.421 e. The zero-order valence-electron chi connectivity index (χ0n) is 37.1. The van der Waals surface area contributed by atoms with Gasteiger partial charge in [-0.15, -0.1) is 5.10 Å². The number of aromatic hydroxyl groups is 1. The van der Waals surface area contributed by atoms with Crippen LogP contribution in [-0.4, -0.2) is 93.2 Å². The van der Waals surface area contributed by atoms with E-state index in [4.69, 9.17) is 14.2 Å². The summed E-state index contributed by atoms with van der Waals surface area (Å²) in [5, 5.41) is 19.3. The van der Waals surface area contributed by atoms with E-state index in [0.29, 0.717) is 29.8 Å². The van der Waals surface area contributed by atoms with Crippen LogP contribution in [0.1, 0.15) is 78.1 Å². The number of hydrogen-bond donors (Lipinski definition) is 1. The third-order valence-corrected chi connectivity index (χ3v) is 13.7. The Morgan fingerprint density at radius 2 is 1.48 bits per heavy atom. The molecular weight excluding hydrogens is 849 g/mol. The molecule has 10 rings (SSSR count). The fourth-order valence-corrected chi connectivity index (χ4v) is 10.8. The number of phenols is 1. The summed E-state index contributed by atoms with van der Waals surface area (Å²) in [5.74, 6) is 3.29. The molecule has 4 aliphatic heterocycles. The lowest BCUT2D eigenvalue weighted by molar-refractivity contribution is -0.179. The second kappa shape index (κ2) is 18.5. The van der Waals surface area contributed by atoms with Crippen LogP contribution >= 0.6 is 0 Å². The van der Waals surface area contributed by atoms with Crippen LogP contribution in [0.3, 0.4) is 0 Å². The number of para-hydroxylation sites is 1. The average molecular weight is 899 g/mol. The van der Waals surface area contributed by atoms with Crippen LogP contribution in [0.4, 0.5) is 10.5 Å². The lowest BCUT2D eigenvalue weighted by atomic mass is 9.64. The third-order valence-electron chi connectivity index (χ3n) is 13.7. The summed E-state index contributed by atoms with van der Waals surface area (Å²) in [5.41, 5.74) is 2.68. The summed E-state index contributed by atoms with van der Waals surface area (Å²) in [6, 6.07) is 35.2. The van der Waals surface area contributed by atoms with Gasteiger partial charge in [-0.1, -0.05) is 121 Å². The number of carbonyl (C=O) groups excluding carboxylic acids is 4. The molecule has 3 amide bonds. The van der Waals surface area contributed by atoms with Crippen molar-refractivity contribution in [3.63, 3.8) is 0 Å². The number of morpholine rings is 1. The first-order valence-corrected chi connectivity index (χ1v) is 22.9. The van der Waals surface area contributed by atoms with Crippen molar-refractivity contribution in [3.05, 3.63) is 155 Å². The number of carbonyl (C=O) groups is 4. The van der Waals surface area contributed by atoms with Crippen LogP contribution in [0, 0.1) is 17.8 Å². The highest BCUT2D eigenvalue weighted by Crippen LogP contribution is 2.66. The standard InChI is InChI=1S/C53H50N6O8/c1-65-32-33-66-52(64)58-42-28-23-35(16-15-31-57-43-22-12-11-21-41(43)54-55-57)34-40(42)53(51(58)63)44(49(61)56-29-13-3-2-4-14-30-56)46-50(62)67-47(37-19-9-6-10-20-37)45(36-17-7-5-8-18-36)59(46)48(53)38-24-26-39(60)27-25-38/h5-12,17-28,34,44-48,60H,2-4,13-14,29-33H2,1H3/t44-,45-,46-,47+,48+,53-/m1/s1. The molecule has 3 fully saturated rings. The Labute approximate surface area is 388 Å². The van der Waals surface area contributed by atoms with Crippen LogP contribution in [0.5, 0.6) is 5.75 Å². The lowest BCUT2D eigenvalue weighted by Gasteiger charge is -2.46. The highest BCUT2D eigenvalue weighted by Gasteiger charge is 2.76. The minimum absolute atomic E-state index is 0.0142. The first-order chi connectivity index (χ1) is 32.8. The summed E-state index contributed by atoms with van der Waals surface area (Å²) >= 11 is 0. The molecule has 14 heteroatoms. The minimum Gasteiger partial charge on any atom is -0.508 e. The van der Waals surface area contributed by atoms with E-state index in [-0.39, 0.29) is 37.1 Å². The van der Waals surface area contributed by atoms with Crippen molar-refractivity contribution < 1.29 is 38.5 Å². The van der Waals surface area contributed by atoms with Gasteiger partial charge in [0.1, 0.15) is 42.0 Å². The molecule has 0 radical (unpaired) electrons. The zero-order valence-corrected chi connectivity index (χ0v) is 37.1. The maximum atomic E-state index is 16.4. The normalized spacial score (nSPS) is 23.7. The molecule has 67 heavy (non-hydrogen) atoms. The van der Waals surface area contributed by atoms with E-state index in [1.54, 1.807) is 39.9 Å². The number of fused-ring (bicyclic) bond motifs is 4. The molecule has 6 atom stereocenters. The number of aromatic nitrogens is 3. The topological polar surface area (TPSA) is 157 Å². The molecule has 0 saturated carbocycles. The molecule has 0 aliphatic carbocycles. The number of methoxy groups -OCH3 is 1. The van der Waals surface area contributed by atoms with E-state index in [0.717, 1.165) is 59.2 Å². The first kappa shape index (κ1) is 43.5. The van der Waals surface area contributed by atoms with Crippen molar-refractivity contribution in [1.82, 2.24) is 24.8 Å². The molecule has 340 valence electrons. The molecular formula is C53H50N6O8. The van der Waals surface area contributed by atoms with E-state index in [1.807, 2.05) is 89.8 Å². The molecule has 6 aromatic rings. The van der Waals surface area contributed by atoms with Gasteiger partial charge >= 0.3 is 12.1 Å². The number of esters is 1. The largest absolute Gasteiger partial charge is 0.508 e. The number of hydrogen-bond acceptors (Lipinski definition) is 11. The highest BCUT2D eigenvalue weighted by molar-refractivity contribution is 6.23. The van der Waals surface area contributed by atoms with Crippen molar-refractivity contribution in [2.45, 2.75) is 68.3 Å². The third kappa shape index (κ3) is 7.67. The first-order valence-electron chi connectivity index (χ1n) is 22.9. The van der Waals surface area contributed by atoms with Crippen LogP contribution in [-0.2, 0) is 40.6 Å². The van der Waals surface area contributed by atoms with Crippen molar-refractivity contribution in [2.75, 3.05) is 38.3 Å². The van der Waals surface area contributed by atoms with Gasteiger partial charge in [-0.3, -0.25) is 19.3 Å². The van der Waals surface area contributed by atoms with Gasteiger partial charge in [-0.2, -0.15) is 0 Å². The number of imide groups is 1. The Hall–Kier alpha value is -7.34. The predicted octanol–water partition coefficient (Wildman–Crippen LogP) is 7.43. The molecule has 5 aromatic carbocycles. The van der Waals surface area contributed by atoms with Gasteiger partial charge in [0.15, 0.2) is 0 Å². The van der Waals surface area contributed by atoms with Gasteiger partial charge in [0.25, 0.3) is 0 Å². The van der Waals surface area contributed by atoms with Crippen LogP contribution in [0.2, 0.25) is 0 Å². The number of amides is 3. The maximum absolute atomic E-state index is 16.4.